The summed E-state index contributed by atoms with van der Waals surface area (Å²) in [6.07, 6.45) is 86.7. The van der Waals surface area contributed by atoms with Crippen LogP contribution in [0.3, 0.4) is 0 Å². The normalized spacial score (nSPS) is 12.8. The molecule has 0 aliphatic heterocycles. The highest BCUT2D eigenvalue weighted by atomic mass is 16.6. The minimum Gasteiger partial charge on any atom is -0.462 e. The van der Waals surface area contributed by atoms with Gasteiger partial charge in [-0.1, -0.05) is 284 Å². The zero-order valence-corrected chi connectivity index (χ0v) is 49.7. The molecule has 0 spiro atoms. The molecule has 0 aromatic rings. The minimum absolute atomic E-state index is 0.0852. The van der Waals surface area contributed by atoms with E-state index in [9.17, 15) is 14.4 Å². The minimum atomic E-state index is -0.787. The van der Waals surface area contributed by atoms with Crippen LogP contribution in [-0.2, 0) is 28.6 Å². The van der Waals surface area contributed by atoms with Crippen LogP contribution in [0.2, 0.25) is 0 Å². The molecule has 76 heavy (non-hydrogen) atoms. The number of carbonyl (C=O) groups excluding carboxylic acids is 3. The lowest BCUT2D eigenvalue weighted by Crippen LogP contribution is -2.30. The molecule has 0 aromatic heterocycles. The van der Waals surface area contributed by atoms with Crippen molar-refractivity contribution in [2.24, 2.45) is 0 Å². The van der Waals surface area contributed by atoms with Gasteiger partial charge in [-0.2, -0.15) is 0 Å². The first-order valence-electron chi connectivity index (χ1n) is 31.9. The van der Waals surface area contributed by atoms with Crippen molar-refractivity contribution in [2.45, 2.75) is 303 Å². The van der Waals surface area contributed by atoms with E-state index in [2.05, 4.69) is 130 Å². The highest BCUT2D eigenvalue weighted by Gasteiger charge is 2.19. The second-order valence-electron chi connectivity index (χ2n) is 20.9. The van der Waals surface area contributed by atoms with Gasteiger partial charge in [0.05, 0.1) is 0 Å². The molecule has 0 aliphatic rings. The van der Waals surface area contributed by atoms with E-state index in [0.717, 1.165) is 128 Å². The molecule has 0 amide bonds. The van der Waals surface area contributed by atoms with E-state index in [1.165, 1.54) is 128 Å². The van der Waals surface area contributed by atoms with Gasteiger partial charge in [0.25, 0.3) is 0 Å². The lowest BCUT2D eigenvalue weighted by Gasteiger charge is -2.18. The van der Waals surface area contributed by atoms with Gasteiger partial charge in [0.2, 0.25) is 0 Å². The zero-order chi connectivity index (χ0) is 55.0. The summed E-state index contributed by atoms with van der Waals surface area (Å²) in [7, 11) is 0. The molecular weight excluding hydrogens is 937 g/mol. The van der Waals surface area contributed by atoms with E-state index in [1.54, 1.807) is 0 Å². The Balaban J connectivity index is 4.28. The molecule has 0 radical (unpaired) electrons. The molecule has 0 N–H and O–H groups in total. The van der Waals surface area contributed by atoms with Crippen molar-refractivity contribution in [3.05, 3.63) is 109 Å². The summed E-state index contributed by atoms with van der Waals surface area (Å²) in [5.74, 6) is -0.901. The van der Waals surface area contributed by atoms with Gasteiger partial charge in [0, 0.05) is 19.3 Å². The fourth-order valence-corrected chi connectivity index (χ4v) is 8.73. The van der Waals surface area contributed by atoms with E-state index >= 15 is 0 Å². The number of ether oxygens (including phenoxy) is 3. The van der Waals surface area contributed by atoms with Crippen molar-refractivity contribution >= 4 is 17.9 Å². The van der Waals surface area contributed by atoms with Crippen molar-refractivity contribution in [1.82, 2.24) is 0 Å². The first kappa shape index (κ1) is 72.1. The third kappa shape index (κ3) is 60.9. The van der Waals surface area contributed by atoms with Crippen LogP contribution in [0.15, 0.2) is 109 Å². The number of unbranched alkanes of at least 4 members (excludes halogenated alkanes) is 28. The summed E-state index contributed by atoms with van der Waals surface area (Å²) >= 11 is 0. The Bertz CT molecular complexity index is 1540. The second-order valence-corrected chi connectivity index (χ2v) is 20.9. The molecule has 0 heterocycles. The predicted molar refractivity (Wildman–Crippen MR) is 330 cm³/mol. The second kappa shape index (κ2) is 63.6. The van der Waals surface area contributed by atoms with Crippen LogP contribution < -0.4 is 0 Å². The fourth-order valence-electron chi connectivity index (χ4n) is 8.73. The third-order valence-corrected chi connectivity index (χ3v) is 13.5. The quantitative estimate of drug-likeness (QED) is 0.0261. The predicted octanol–water partition coefficient (Wildman–Crippen LogP) is 21.8. The zero-order valence-electron chi connectivity index (χ0n) is 49.7. The van der Waals surface area contributed by atoms with Crippen LogP contribution in [-0.4, -0.2) is 37.2 Å². The van der Waals surface area contributed by atoms with Crippen molar-refractivity contribution in [1.29, 1.82) is 0 Å². The molecule has 1 unspecified atom stereocenters. The van der Waals surface area contributed by atoms with E-state index in [4.69, 9.17) is 14.2 Å². The summed E-state index contributed by atoms with van der Waals surface area (Å²) in [6, 6.07) is 0. The van der Waals surface area contributed by atoms with Gasteiger partial charge in [0.15, 0.2) is 6.10 Å². The molecular formula is C70H118O6. The molecule has 1 atom stereocenters. The first-order valence-corrected chi connectivity index (χ1v) is 31.9. The van der Waals surface area contributed by atoms with Gasteiger partial charge in [-0.15, -0.1) is 0 Å². The van der Waals surface area contributed by atoms with Crippen LogP contribution >= 0.6 is 0 Å². The van der Waals surface area contributed by atoms with Crippen molar-refractivity contribution in [3.63, 3.8) is 0 Å². The van der Waals surface area contributed by atoms with Crippen LogP contribution in [0.4, 0.5) is 0 Å². The summed E-state index contributed by atoms with van der Waals surface area (Å²) in [5.41, 5.74) is 0. The summed E-state index contributed by atoms with van der Waals surface area (Å²) in [4.78, 5) is 38.2. The van der Waals surface area contributed by atoms with Crippen molar-refractivity contribution < 1.29 is 28.6 Å². The fraction of sp³-hybridized carbons (Fsp3) is 0.700. The molecule has 0 bridgehead atoms. The molecule has 6 nitrogen and oxygen atoms in total. The number of hydrogen-bond donors (Lipinski definition) is 0. The number of carbonyl (C=O) groups is 3. The maximum absolute atomic E-state index is 12.9. The van der Waals surface area contributed by atoms with Gasteiger partial charge >= 0.3 is 17.9 Å². The number of allylic oxidation sites excluding steroid dienone is 18. The van der Waals surface area contributed by atoms with Crippen LogP contribution in [0.1, 0.15) is 297 Å². The Kier molecular flexibility index (Phi) is 60.3. The van der Waals surface area contributed by atoms with Gasteiger partial charge in [-0.05, 0) is 103 Å². The van der Waals surface area contributed by atoms with E-state index in [0.29, 0.717) is 19.3 Å². The largest absolute Gasteiger partial charge is 0.462 e. The lowest BCUT2D eigenvalue weighted by molar-refractivity contribution is -0.167. The summed E-state index contributed by atoms with van der Waals surface area (Å²) in [5, 5.41) is 0. The molecule has 0 rings (SSSR count). The number of hydrogen-bond acceptors (Lipinski definition) is 6. The monoisotopic (exact) mass is 1050 g/mol. The van der Waals surface area contributed by atoms with Crippen LogP contribution in [0, 0.1) is 0 Å². The van der Waals surface area contributed by atoms with E-state index in [1.807, 2.05) is 0 Å². The molecule has 6 heteroatoms. The maximum atomic E-state index is 12.9. The SMILES string of the molecule is CC/C=C\C/C=C\C/C=C\C/C=C\C/C=C\C/C=C\C/C=C\C/C=C\CCCCCCCCC(=O)OCC(COC(=O)CCCCCCC/C=C\CCCC)OC(=O)CCCCCCCCCCCCCCCCCC. The average molecular weight is 1060 g/mol. The van der Waals surface area contributed by atoms with E-state index < -0.39 is 6.10 Å². The molecule has 0 saturated carbocycles. The highest BCUT2D eigenvalue weighted by Crippen LogP contribution is 2.16. The topological polar surface area (TPSA) is 78.9 Å². The standard InChI is InChI=1S/C70H118O6/c1-4-7-10-13-16-19-22-24-26-28-29-30-31-32-33-34-35-36-37-38-39-40-41-42-44-45-48-51-54-57-60-63-69(72)75-66-67(65-74-68(71)62-59-56-53-50-47-21-18-15-12-9-6-3)76-70(73)64-61-58-55-52-49-46-43-27-25-23-20-17-14-11-8-5-2/h7,10,15-16,18-19,24,26,29-30,32-33,35-36,38-39,41-42,67H,4-6,8-9,11-14,17,20-23,25,27-28,31,34,37,40,43-66H2,1-3H3/b10-7-,18-15-,19-16-,26-24-,30-29-,33-32-,36-35-,39-38-,42-41-. The number of esters is 3. The Morgan fingerprint density at radius 1 is 0.276 bits per heavy atom. The Morgan fingerprint density at radius 2 is 0.526 bits per heavy atom. The lowest BCUT2D eigenvalue weighted by atomic mass is 10.0. The molecule has 0 saturated heterocycles. The average Bonchev–Trinajstić information content (AvgIpc) is 3.42. The molecule has 0 aromatic carbocycles. The van der Waals surface area contributed by atoms with Crippen molar-refractivity contribution in [3.8, 4) is 0 Å². The smallest absolute Gasteiger partial charge is 0.306 e. The molecule has 0 aliphatic carbocycles. The number of rotatable bonds is 57. The van der Waals surface area contributed by atoms with Gasteiger partial charge < -0.3 is 14.2 Å². The Labute approximate surface area is 470 Å². The van der Waals surface area contributed by atoms with Gasteiger partial charge in [-0.3, -0.25) is 14.4 Å². The summed E-state index contributed by atoms with van der Waals surface area (Å²) in [6.45, 7) is 6.49. The molecule has 434 valence electrons. The van der Waals surface area contributed by atoms with Crippen LogP contribution in [0.5, 0.6) is 0 Å². The third-order valence-electron chi connectivity index (χ3n) is 13.5. The first-order chi connectivity index (χ1) is 37.5. The highest BCUT2D eigenvalue weighted by molar-refractivity contribution is 5.71. The van der Waals surface area contributed by atoms with Crippen LogP contribution in [0.25, 0.3) is 0 Å². The summed E-state index contributed by atoms with van der Waals surface area (Å²) < 4.78 is 16.9. The Hall–Kier alpha value is -3.93. The van der Waals surface area contributed by atoms with Gasteiger partial charge in [0.1, 0.15) is 13.2 Å². The maximum Gasteiger partial charge on any atom is 0.306 e. The van der Waals surface area contributed by atoms with E-state index in [-0.39, 0.29) is 31.1 Å². The molecule has 0 fully saturated rings. The Morgan fingerprint density at radius 3 is 0.855 bits per heavy atom. The van der Waals surface area contributed by atoms with Crippen molar-refractivity contribution in [2.75, 3.05) is 13.2 Å². The van der Waals surface area contributed by atoms with Gasteiger partial charge in [-0.25, -0.2) is 0 Å².